The number of methoxy groups -OCH3 is 1. The number of halogens is 1. The molecule has 0 saturated carbocycles. The number of rotatable bonds is 4. The summed E-state index contributed by atoms with van der Waals surface area (Å²) < 4.78 is 7.24. The zero-order valence-corrected chi connectivity index (χ0v) is 15.0. The third-order valence-corrected chi connectivity index (χ3v) is 4.69. The number of hydrogen-bond acceptors (Lipinski definition) is 4. The van der Waals surface area contributed by atoms with Crippen molar-refractivity contribution in [1.82, 2.24) is 9.55 Å². The first-order chi connectivity index (χ1) is 11.5. The third-order valence-electron chi connectivity index (χ3n) is 3.70. The maximum absolute atomic E-state index is 12.7. The molecule has 24 heavy (non-hydrogen) atoms. The van der Waals surface area contributed by atoms with Crippen LogP contribution in [-0.2, 0) is 0 Å². The molecule has 0 spiro atoms. The van der Waals surface area contributed by atoms with Crippen LogP contribution in [0.2, 0.25) is 5.02 Å². The highest BCUT2D eigenvalue weighted by Crippen LogP contribution is 2.29. The van der Waals surface area contributed by atoms with Crippen LogP contribution in [0.15, 0.2) is 35.8 Å². The molecule has 124 valence electrons. The van der Waals surface area contributed by atoms with Crippen molar-refractivity contribution in [1.29, 1.82) is 0 Å². The van der Waals surface area contributed by atoms with Gasteiger partial charge in [-0.05, 0) is 38.1 Å². The first kappa shape index (κ1) is 16.5. The lowest BCUT2D eigenvalue weighted by Crippen LogP contribution is -2.13. The summed E-state index contributed by atoms with van der Waals surface area (Å²) in [5, 5.41) is 6.14. The minimum absolute atomic E-state index is 0.216. The SMILES string of the molecule is COc1ccc(Cl)cc1NC(=O)c1cc(C)n(-c2nccs2)c1C. The van der Waals surface area contributed by atoms with E-state index in [0.717, 1.165) is 16.5 Å². The molecule has 0 aliphatic carbocycles. The molecule has 0 aliphatic heterocycles. The van der Waals surface area contributed by atoms with Crippen molar-refractivity contribution in [2.75, 3.05) is 12.4 Å². The Bertz CT molecular complexity index is 888. The molecule has 0 fully saturated rings. The van der Waals surface area contributed by atoms with Gasteiger partial charge in [0.2, 0.25) is 0 Å². The number of carbonyl (C=O) groups is 1. The summed E-state index contributed by atoms with van der Waals surface area (Å²) in [4.78, 5) is 17.0. The largest absolute Gasteiger partial charge is 0.495 e. The van der Waals surface area contributed by atoms with Gasteiger partial charge in [0.25, 0.3) is 5.91 Å². The van der Waals surface area contributed by atoms with Crippen molar-refractivity contribution < 1.29 is 9.53 Å². The minimum Gasteiger partial charge on any atom is -0.495 e. The molecule has 2 aromatic heterocycles. The summed E-state index contributed by atoms with van der Waals surface area (Å²) in [6.45, 7) is 3.85. The number of thiazole rings is 1. The lowest BCUT2D eigenvalue weighted by atomic mass is 10.2. The zero-order chi connectivity index (χ0) is 17.3. The van der Waals surface area contributed by atoms with Crippen LogP contribution in [0.3, 0.4) is 0 Å². The zero-order valence-electron chi connectivity index (χ0n) is 13.5. The highest BCUT2D eigenvalue weighted by molar-refractivity contribution is 7.12. The number of nitrogens with one attached hydrogen (secondary N) is 1. The van der Waals surface area contributed by atoms with Gasteiger partial charge in [-0.3, -0.25) is 9.36 Å². The van der Waals surface area contributed by atoms with Crippen molar-refractivity contribution in [3.05, 3.63) is 57.8 Å². The summed E-state index contributed by atoms with van der Waals surface area (Å²) in [6, 6.07) is 6.95. The van der Waals surface area contributed by atoms with Crippen molar-refractivity contribution in [2.45, 2.75) is 13.8 Å². The summed E-state index contributed by atoms with van der Waals surface area (Å²) in [5.74, 6) is 0.341. The molecule has 0 unspecified atom stereocenters. The Morgan fingerprint density at radius 3 is 2.79 bits per heavy atom. The fourth-order valence-electron chi connectivity index (χ4n) is 2.58. The van der Waals surface area contributed by atoms with E-state index in [0.29, 0.717) is 22.0 Å². The Labute approximate surface area is 148 Å². The Hall–Kier alpha value is -2.31. The Morgan fingerprint density at radius 2 is 2.12 bits per heavy atom. The van der Waals surface area contributed by atoms with Crippen LogP contribution in [-0.4, -0.2) is 22.6 Å². The number of aromatic nitrogens is 2. The van der Waals surface area contributed by atoms with E-state index in [1.54, 1.807) is 31.5 Å². The van der Waals surface area contributed by atoms with E-state index >= 15 is 0 Å². The predicted octanol–water partition coefficient (Wildman–Crippen LogP) is 4.46. The Balaban J connectivity index is 1.95. The monoisotopic (exact) mass is 361 g/mol. The van der Waals surface area contributed by atoms with Gasteiger partial charge >= 0.3 is 0 Å². The molecule has 0 bridgehead atoms. The number of aryl methyl sites for hydroxylation is 1. The van der Waals surface area contributed by atoms with Crippen LogP contribution in [0.25, 0.3) is 5.13 Å². The van der Waals surface area contributed by atoms with E-state index < -0.39 is 0 Å². The highest BCUT2D eigenvalue weighted by Gasteiger charge is 2.19. The fraction of sp³-hybridized carbons (Fsp3) is 0.176. The number of amides is 1. The van der Waals surface area contributed by atoms with Gasteiger partial charge in [-0.15, -0.1) is 11.3 Å². The maximum Gasteiger partial charge on any atom is 0.257 e. The second-order valence-electron chi connectivity index (χ2n) is 5.23. The molecule has 5 nitrogen and oxygen atoms in total. The Morgan fingerprint density at radius 1 is 1.33 bits per heavy atom. The second-order valence-corrected chi connectivity index (χ2v) is 6.54. The van der Waals surface area contributed by atoms with Gasteiger partial charge in [0.1, 0.15) is 5.75 Å². The molecule has 3 aromatic rings. The van der Waals surface area contributed by atoms with Crippen LogP contribution in [0, 0.1) is 13.8 Å². The van der Waals surface area contributed by atoms with Gasteiger partial charge in [-0.2, -0.15) is 0 Å². The number of carbonyl (C=O) groups excluding carboxylic acids is 1. The smallest absolute Gasteiger partial charge is 0.257 e. The van der Waals surface area contributed by atoms with Gasteiger partial charge in [0.15, 0.2) is 5.13 Å². The molecule has 0 saturated heterocycles. The lowest BCUT2D eigenvalue weighted by Gasteiger charge is -2.11. The van der Waals surface area contributed by atoms with Gasteiger partial charge in [-0.25, -0.2) is 4.98 Å². The van der Waals surface area contributed by atoms with Gasteiger partial charge < -0.3 is 10.1 Å². The van der Waals surface area contributed by atoms with Crippen LogP contribution >= 0.6 is 22.9 Å². The maximum atomic E-state index is 12.7. The molecule has 1 amide bonds. The number of nitrogens with zero attached hydrogens (tertiary/aromatic N) is 2. The van der Waals surface area contributed by atoms with Crippen molar-refractivity contribution >= 4 is 34.5 Å². The summed E-state index contributed by atoms with van der Waals surface area (Å²) in [7, 11) is 1.55. The summed E-state index contributed by atoms with van der Waals surface area (Å²) in [5.41, 5.74) is 2.91. The average molecular weight is 362 g/mol. The first-order valence-corrected chi connectivity index (χ1v) is 8.50. The van der Waals surface area contributed by atoms with Gasteiger partial charge in [-0.1, -0.05) is 11.6 Å². The molecule has 2 heterocycles. The molecule has 0 radical (unpaired) electrons. The molecule has 3 rings (SSSR count). The van der Waals surface area contributed by atoms with Crippen molar-refractivity contribution in [3.8, 4) is 10.9 Å². The number of ether oxygens (including phenoxy) is 1. The van der Waals surface area contributed by atoms with E-state index in [4.69, 9.17) is 16.3 Å². The van der Waals surface area contributed by atoms with Crippen molar-refractivity contribution in [3.63, 3.8) is 0 Å². The summed E-state index contributed by atoms with van der Waals surface area (Å²) >= 11 is 7.54. The predicted molar refractivity (Wildman–Crippen MR) is 96.9 cm³/mol. The third kappa shape index (κ3) is 3.02. The quantitative estimate of drug-likeness (QED) is 0.746. The summed E-state index contributed by atoms with van der Waals surface area (Å²) in [6.07, 6.45) is 1.75. The molecular formula is C17H16ClN3O2S. The first-order valence-electron chi connectivity index (χ1n) is 7.25. The number of anilines is 1. The second kappa shape index (κ2) is 6.67. The van der Waals surface area contributed by atoms with Crippen LogP contribution in [0.4, 0.5) is 5.69 Å². The fourth-order valence-corrected chi connectivity index (χ4v) is 3.50. The van der Waals surface area contributed by atoms with E-state index in [1.165, 1.54) is 11.3 Å². The molecule has 1 N–H and O–H groups in total. The Kier molecular flexibility index (Phi) is 4.59. The molecule has 7 heteroatoms. The standard InChI is InChI=1S/C17H16ClN3O2S/c1-10-8-13(11(2)21(10)17-19-6-7-24-17)16(22)20-14-9-12(18)4-5-15(14)23-3/h4-9H,1-3H3,(H,20,22). The van der Waals surface area contributed by atoms with Gasteiger partial charge in [0, 0.05) is 28.0 Å². The highest BCUT2D eigenvalue weighted by atomic mass is 35.5. The number of hydrogen-bond donors (Lipinski definition) is 1. The normalized spacial score (nSPS) is 10.7. The molecule has 0 aliphatic rings. The van der Waals surface area contributed by atoms with Gasteiger partial charge in [0.05, 0.1) is 18.4 Å². The topological polar surface area (TPSA) is 56.1 Å². The van der Waals surface area contributed by atoms with E-state index in [9.17, 15) is 4.79 Å². The molecule has 0 atom stereocenters. The van der Waals surface area contributed by atoms with E-state index in [2.05, 4.69) is 10.3 Å². The van der Waals surface area contributed by atoms with E-state index in [1.807, 2.05) is 29.9 Å². The van der Waals surface area contributed by atoms with Crippen LogP contribution < -0.4 is 10.1 Å². The number of benzene rings is 1. The lowest BCUT2D eigenvalue weighted by molar-refractivity contribution is 0.102. The average Bonchev–Trinajstić information content (AvgIpc) is 3.15. The van der Waals surface area contributed by atoms with Crippen LogP contribution in [0.5, 0.6) is 5.75 Å². The minimum atomic E-state index is -0.216. The van der Waals surface area contributed by atoms with Crippen LogP contribution in [0.1, 0.15) is 21.7 Å². The van der Waals surface area contributed by atoms with Crippen molar-refractivity contribution in [2.24, 2.45) is 0 Å². The van der Waals surface area contributed by atoms with E-state index in [-0.39, 0.29) is 5.91 Å². The molecule has 1 aromatic carbocycles. The molecular weight excluding hydrogens is 346 g/mol.